The summed E-state index contributed by atoms with van der Waals surface area (Å²) in [6.07, 6.45) is -6.19. The fourth-order valence-electron chi connectivity index (χ4n) is 3.83. The zero-order valence-electron chi connectivity index (χ0n) is 15.9. The summed E-state index contributed by atoms with van der Waals surface area (Å²) in [5.74, 6) is -0.652. The lowest BCUT2D eigenvalue weighted by molar-refractivity contribution is -0.161. The van der Waals surface area contributed by atoms with E-state index in [1.54, 1.807) is 13.8 Å². The van der Waals surface area contributed by atoms with Crippen LogP contribution in [0.25, 0.3) is 10.9 Å². The minimum atomic E-state index is -4.69. The van der Waals surface area contributed by atoms with Gasteiger partial charge in [0.1, 0.15) is 17.9 Å². The fraction of sp³-hybridized carbons (Fsp3) is 0.444. The molecular weight excluding hydrogens is 407 g/mol. The third kappa shape index (κ3) is 3.31. The van der Waals surface area contributed by atoms with Crippen molar-refractivity contribution in [1.82, 2.24) is 15.3 Å². The Labute approximate surface area is 168 Å². The predicted octanol–water partition coefficient (Wildman–Crippen LogP) is 1.74. The van der Waals surface area contributed by atoms with Gasteiger partial charge >= 0.3 is 12.3 Å². The Kier molecular flexibility index (Phi) is 4.59. The molecule has 3 heterocycles. The smallest absolute Gasteiger partial charge is 0.412 e. The number of halogens is 3. The van der Waals surface area contributed by atoms with Crippen LogP contribution in [0.2, 0.25) is 0 Å². The Morgan fingerprint density at radius 3 is 2.73 bits per heavy atom. The monoisotopic (exact) mass is 425 g/mol. The Hall–Kier alpha value is -3.31. The lowest BCUT2D eigenvalue weighted by atomic mass is 10.1. The van der Waals surface area contributed by atoms with E-state index >= 15 is 0 Å². The number of rotatable bonds is 4. The molecule has 3 N–H and O–H groups in total. The minimum Gasteiger partial charge on any atom is -0.490 e. The first-order chi connectivity index (χ1) is 14.1. The fourth-order valence-corrected chi connectivity index (χ4v) is 3.83. The van der Waals surface area contributed by atoms with E-state index in [2.05, 4.69) is 15.3 Å². The summed E-state index contributed by atoms with van der Waals surface area (Å²) in [5.41, 5.74) is 5.70. The molecule has 2 amide bonds. The number of nitrogens with zero attached hydrogens (tertiary/aromatic N) is 3. The molecule has 0 aliphatic carbocycles. The lowest BCUT2D eigenvalue weighted by Gasteiger charge is -2.30. The third-order valence-corrected chi connectivity index (χ3v) is 4.93. The number of anilines is 1. The van der Waals surface area contributed by atoms with Crippen LogP contribution in [0.3, 0.4) is 0 Å². The van der Waals surface area contributed by atoms with E-state index in [0.29, 0.717) is 0 Å². The zero-order chi connectivity index (χ0) is 21.8. The van der Waals surface area contributed by atoms with Crippen molar-refractivity contribution in [3.8, 4) is 5.75 Å². The van der Waals surface area contributed by atoms with E-state index in [1.807, 2.05) is 0 Å². The summed E-state index contributed by atoms with van der Waals surface area (Å²) in [7, 11) is 0. The van der Waals surface area contributed by atoms with Crippen LogP contribution in [0.15, 0.2) is 18.5 Å². The van der Waals surface area contributed by atoms with Crippen molar-refractivity contribution in [1.29, 1.82) is 0 Å². The topological polar surface area (TPSA) is 120 Å². The molecule has 160 valence electrons. The molecule has 0 spiro atoms. The standard InChI is InChI=1S/C18H18F3N5O4/c1-7(2)29-12-4-8-10(3-9(12)15(22)27)23-6-24-16(8)26-5-11-13(30-17(28)25-11)14(26)18(19,20)21/h3-4,6-7,11,13-14H,5H2,1-2H3,(H2,22,27)(H,25,28)/t11-,13-,14?/m1/s1. The van der Waals surface area contributed by atoms with Crippen LogP contribution in [0, 0.1) is 0 Å². The summed E-state index contributed by atoms with van der Waals surface area (Å²) in [6, 6.07) is -0.167. The highest BCUT2D eigenvalue weighted by molar-refractivity contribution is 6.02. The van der Waals surface area contributed by atoms with Gasteiger partial charge < -0.3 is 25.4 Å². The van der Waals surface area contributed by atoms with E-state index in [0.717, 1.165) is 11.2 Å². The molecule has 2 aliphatic heterocycles. The van der Waals surface area contributed by atoms with Gasteiger partial charge in [-0.3, -0.25) is 4.79 Å². The number of alkyl carbamates (subject to hydrolysis) is 1. The summed E-state index contributed by atoms with van der Waals surface area (Å²) in [4.78, 5) is 32.4. The molecule has 0 bridgehead atoms. The van der Waals surface area contributed by atoms with Crippen LogP contribution in [0.4, 0.5) is 23.8 Å². The van der Waals surface area contributed by atoms with Crippen LogP contribution >= 0.6 is 0 Å². The summed E-state index contributed by atoms with van der Waals surface area (Å²) in [5, 5.41) is 2.64. The quantitative estimate of drug-likeness (QED) is 0.766. The first kappa shape index (κ1) is 20.0. The van der Waals surface area contributed by atoms with Gasteiger partial charge in [-0.1, -0.05) is 0 Å². The highest BCUT2D eigenvalue weighted by Crippen LogP contribution is 2.41. The maximum absolute atomic E-state index is 13.9. The summed E-state index contributed by atoms with van der Waals surface area (Å²) >= 11 is 0. The van der Waals surface area contributed by atoms with Crippen molar-refractivity contribution < 1.29 is 32.2 Å². The molecule has 1 aromatic carbocycles. The van der Waals surface area contributed by atoms with E-state index < -0.39 is 36.4 Å². The number of ether oxygens (including phenoxy) is 2. The summed E-state index contributed by atoms with van der Waals surface area (Å²) in [6.45, 7) is 3.31. The van der Waals surface area contributed by atoms with Gasteiger partial charge in [-0.2, -0.15) is 13.2 Å². The van der Waals surface area contributed by atoms with Crippen molar-refractivity contribution in [3.05, 3.63) is 24.0 Å². The molecule has 0 saturated carbocycles. The maximum atomic E-state index is 13.9. The average Bonchev–Trinajstić information content (AvgIpc) is 3.14. The zero-order valence-corrected chi connectivity index (χ0v) is 15.9. The van der Waals surface area contributed by atoms with Crippen LogP contribution in [-0.2, 0) is 4.74 Å². The normalized spacial score (nSPS) is 23.5. The Balaban J connectivity index is 1.86. The first-order valence-electron chi connectivity index (χ1n) is 9.12. The number of benzene rings is 1. The molecular formula is C18H18F3N5O4. The summed E-state index contributed by atoms with van der Waals surface area (Å²) < 4.78 is 52.2. The number of alkyl halides is 3. The SMILES string of the molecule is CC(C)Oc1cc2c(N3C[C@H]4NC(=O)O[C@H]4C3C(F)(F)F)ncnc2cc1C(N)=O. The van der Waals surface area contributed by atoms with Gasteiger partial charge in [-0.05, 0) is 26.0 Å². The molecule has 1 aromatic heterocycles. The van der Waals surface area contributed by atoms with E-state index in [9.17, 15) is 22.8 Å². The minimum absolute atomic E-state index is 0.0146. The van der Waals surface area contributed by atoms with Crippen molar-refractivity contribution in [3.63, 3.8) is 0 Å². The molecule has 4 rings (SSSR count). The number of hydrogen-bond acceptors (Lipinski definition) is 7. The first-order valence-corrected chi connectivity index (χ1v) is 9.12. The molecule has 2 saturated heterocycles. The van der Waals surface area contributed by atoms with E-state index in [-0.39, 0.29) is 40.7 Å². The van der Waals surface area contributed by atoms with Gasteiger partial charge in [-0.25, -0.2) is 14.8 Å². The lowest BCUT2D eigenvalue weighted by Crippen LogP contribution is -2.48. The second kappa shape index (κ2) is 6.89. The van der Waals surface area contributed by atoms with E-state index in [4.69, 9.17) is 15.2 Å². The molecule has 2 aromatic rings. The van der Waals surface area contributed by atoms with Gasteiger partial charge in [0.2, 0.25) is 0 Å². The largest absolute Gasteiger partial charge is 0.490 e. The molecule has 9 nitrogen and oxygen atoms in total. The average molecular weight is 425 g/mol. The van der Waals surface area contributed by atoms with Crippen molar-refractivity contribution >= 4 is 28.7 Å². The highest BCUT2D eigenvalue weighted by atomic mass is 19.4. The van der Waals surface area contributed by atoms with Crippen molar-refractivity contribution in [2.24, 2.45) is 5.73 Å². The van der Waals surface area contributed by atoms with Crippen LogP contribution in [-0.4, -0.2) is 59.0 Å². The van der Waals surface area contributed by atoms with Gasteiger partial charge in [0.05, 0.1) is 23.2 Å². The van der Waals surface area contributed by atoms with Crippen LogP contribution in [0.5, 0.6) is 5.75 Å². The Morgan fingerprint density at radius 2 is 2.10 bits per heavy atom. The highest BCUT2D eigenvalue weighted by Gasteiger charge is 2.60. The van der Waals surface area contributed by atoms with Crippen molar-refractivity contribution in [2.45, 2.75) is 44.3 Å². The number of carbonyl (C=O) groups excluding carboxylic acids is 2. The maximum Gasteiger partial charge on any atom is 0.412 e. The molecule has 1 unspecified atom stereocenters. The molecule has 3 atom stereocenters. The number of fused-ring (bicyclic) bond motifs is 2. The number of aromatic nitrogens is 2. The number of nitrogens with one attached hydrogen (secondary N) is 1. The van der Waals surface area contributed by atoms with Gasteiger partial charge in [0.15, 0.2) is 12.1 Å². The third-order valence-electron chi connectivity index (χ3n) is 4.93. The Bertz CT molecular complexity index is 1030. The van der Waals surface area contributed by atoms with Gasteiger partial charge in [-0.15, -0.1) is 0 Å². The van der Waals surface area contributed by atoms with E-state index in [1.165, 1.54) is 12.1 Å². The number of carbonyl (C=O) groups is 2. The molecule has 0 radical (unpaired) electrons. The number of nitrogens with two attached hydrogens (primary N) is 1. The number of amides is 2. The van der Waals surface area contributed by atoms with Crippen LogP contribution in [0.1, 0.15) is 24.2 Å². The second-order valence-corrected chi connectivity index (χ2v) is 7.35. The Morgan fingerprint density at radius 1 is 1.37 bits per heavy atom. The number of hydrogen-bond donors (Lipinski definition) is 2. The molecule has 2 aliphatic rings. The van der Waals surface area contributed by atoms with Crippen LogP contribution < -0.4 is 20.7 Å². The second-order valence-electron chi connectivity index (χ2n) is 7.35. The van der Waals surface area contributed by atoms with Gasteiger partial charge in [0, 0.05) is 11.9 Å². The predicted molar refractivity (Wildman–Crippen MR) is 98.2 cm³/mol. The molecule has 2 fully saturated rings. The number of primary amides is 1. The molecule has 30 heavy (non-hydrogen) atoms. The van der Waals surface area contributed by atoms with Crippen molar-refractivity contribution in [2.75, 3.05) is 11.4 Å². The van der Waals surface area contributed by atoms with Gasteiger partial charge in [0.25, 0.3) is 5.91 Å². The molecule has 12 heteroatoms.